The Bertz CT molecular complexity index is 494. The fourth-order valence-electron chi connectivity index (χ4n) is 2.81. The Hall–Kier alpha value is -1.78. The minimum absolute atomic E-state index is 0.0137. The molecule has 1 atom stereocenters. The van der Waals surface area contributed by atoms with Crippen LogP contribution in [0.1, 0.15) is 45.8 Å². The quantitative estimate of drug-likeness (QED) is 0.875. The maximum Gasteiger partial charge on any atom is 0.225 e. The summed E-state index contributed by atoms with van der Waals surface area (Å²) < 4.78 is 5.26. The van der Waals surface area contributed by atoms with Gasteiger partial charge in [-0.2, -0.15) is 0 Å². The van der Waals surface area contributed by atoms with Crippen LogP contribution in [0.15, 0.2) is 22.8 Å². The molecular formula is C16H24N2O3. The molecular weight excluding hydrogens is 268 g/mol. The van der Waals surface area contributed by atoms with E-state index in [0.717, 1.165) is 18.6 Å². The molecule has 2 amide bonds. The number of rotatable bonds is 6. The second kappa shape index (κ2) is 6.33. The molecule has 0 aromatic carbocycles. The van der Waals surface area contributed by atoms with E-state index in [0.29, 0.717) is 13.1 Å². The summed E-state index contributed by atoms with van der Waals surface area (Å²) >= 11 is 0. The Kier molecular flexibility index (Phi) is 4.70. The molecule has 2 rings (SSSR count). The van der Waals surface area contributed by atoms with Gasteiger partial charge in [-0.1, -0.05) is 13.3 Å². The van der Waals surface area contributed by atoms with E-state index in [-0.39, 0.29) is 29.7 Å². The number of nitrogens with zero attached hydrogens (tertiary/aromatic N) is 1. The average Bonchev–Trinajstić information content (AvgIpc) is 3.00. The lowest BCUT2D eigenvalue weighted by Crippen LogP contribution is -2.46. The third-order valence-electron chi connectivity index (χ3n) is 3.85. The third kappa shape index (κ3) is 4.09. The highest BCUT2D eigenvalue weighted by atomic mass is 16.3. The predicted molar refractivity (Wildman–Crippen MR) is 79.4 cm³/mol. The lowest BCUT2D eigenvalue weighted by atomic mass is 9.97. The van der Waals surface area contributed by atoms with Crippen molar-refractivity contribution in [3.05, 3.63) is 24.2 Å². The van der Waals surface area contributed by atoms with Crippen molar-refractivity contribution < 1.29 is 14.0 Å². The Morgan fingerprint density at radius 1 is 1.52 bits per heavy atom. The zero-order chi connectivity index (χ0) is 15.5. The van der Waals surface area contributed by atoms with Gasteiger partial charge in [-0.15, -0.1) is 0 Å². The first kappa shape index (κ1) is 15.6. The van der Waals surface area contributed by atoms with E-state index in [4.69, 9.17) is 4.42 Å². The number of hydrogen-bond acceptors (Lipinski definition) is 3. The summed E-state index contributed by atoms with van der Waals surface area (Å²) in [6.07, 6.45) is 3.82. The predicted octanol–water partition coefficient (Wildman–Crippen LogP) is 2.32. The van der Waals surface area contributed by atoms with Gasteiger partial charge in [-0.05, 0) is 32.4 Å². The number of likely N-dealkylation sites (tertiary alicyclic amines) is 1. The summed E-state index contributed by atoms with van der Waals surface area (Å²) in [6.45, 7) is 7.04. The summed E-state index contributed by atoms with van der Waals surface area (Å²) in [6, 6.07) is 3.64. The molecule has 1 aliphatic rings. The fraction of sp³-hybridized carbons (Fsp3) is 0.625. The Balaban J connectivity index is 1.91. The van der Waals surface area contributed by atoms with Crippen molar-refractivity contribution >= 4 is 11.8 Å². The van der Waals surface area contributed by atoms with E-state index < -0.39 is 0 Å². The van der Waals surface area contributed by atoms with Crippen LogP contribution in [0, 0.1) is 5.92 Å². The number of carbonyl (C=O) groups excluding carboxylic acids is 2. The molecule has 0 saturated carbocycles. The van der Waals surface area contributed by atoms with Gasteiger partial charge in [0.1, 0.15) is 5.76 Å². The second-order valence-electron chi connectivity index (χ2n) is 6.38. The molecule has 2 heterocycles. The van der Waals surface area contributed by atoms with Crippen molar-refractivity contribution in [2.24, 2.45) is 5.92 Å². The molecule has 5 heteroatoms. The first-order chi connectivity index (χ1) is 9.91. The highest BCUT2D eigenvalue weighted by Crippen LogP contribution is 2.22. The lowest BCUT2D eigenvalue weighted by Gasteiger charge is -2.27. The minimum atomic E-state index is -0.261. The molecule has 116 valence electrons. The van der Waals surface area contributed by atoms with Gasteiger partial charge < -0.3 is 14.6 Å². The summed E-state index contributed by atoms with van der Waals surface area (Å²) in [7, 11) is 0. The molecule has 5 nitrogen and oxygen atoms in total. The molecule has 0 radical (unpaired) electrons. The summed E-state index contributed by atoms with van der Waals surface area (Å²) in [5.41, 5.74) is -0.219. The van der Waals surface area contributed by atoms with Gasteiger partial charge in [0.25, 0.3) is 0 Å². The largest absolute Gasteiger partial charge is 0.467 e. The van der Waals surface area contributed by atoms with Gasteiger partial charge in [0.15, 0.2) is 0 Å². The number of carbonyl (C=O) groups is 2. The average molecular weight is 292 g/mol. The fourth-order valence-corrected chi connectivity index (χ4v) is 2.81. The van der Waals surface area contributed by atoms with Gasteiger partial charge >= 0.3 is 0 Å². The highest BCUT2D eigenvalue weighted by Gasteiger charge is 2.36. The van der Waals surface area contributed by atoms with Gasteiger partial charge in [-0.25, -0.2) is 0 Å². The molecule has 1 saturated heterocycles. The monoisotopic (exact) mass is 292 g/mol. The summed E-state index contributed by atoms with van der Waals surface area (Å²) in [4.78, 5) is 26.0. The van der Waals surface area contributed by atoms with Crippen molar-refractivity contribution in [2.45, 2.75) is 52.1 Å². The first-order valence-electron chi connectivity index (χ1n) is 7.53. The normalized spacial score (nSPS) is 19.1. The number of hydrogen-bond donors (Lipinski definition) is 1. The van der Waals surface area contributed by atoms with Crippen molar-refractivity contribution in [1.29, 1.82) is 0 Å². The molecule has 1 aromatic rings. The van der Waals surface area contributed by atoms with Crippen molar-refractivity contribution in [2.75, 3.05) is 6.54 Å². The molecule has 1 aliphatic heterocycles. The van der Waals surface area contributed by atoms with Crippen molar-refractivity contribution in [3.63, 3.8) is 0 Å². The number of nitrogens with one attached hydrogen (secondary N) is 1. The zero-order valence-electron chi connectivity index (χ0n) is 13.0. The van der Waals surface area contributed by atoms with Gasteiger partial charge in [0.05, 0.1) is 18.7 Å². The Morgan fingerprint density at radius 2 is 2.29 bits per heavy atom. The molecule has 1 unspecified atom stereocenters. The van der Waals surface area contributed by atoms with Crippen LogP contribution < -0.4 is 5.32 Å². The van der Waals surface area contributed by atoms with Crippen LogP contribution in [0.2, 0.25) is 0 Å². The maximum absolute atomic E-state index is 12.3. The molecule has 0 aliphatic carbocycles. The van der Waals surface area contributed by atoms with Crippen LogP contribution >= 0.6 is 0 Å². The molecule has 1 fully saturated rings. The van der Waals surface area contributed by atoms with Crippen LogP contribution in [-0.4, -0.2) is 28.8 Å². The smallest absolute Gasteiger partial charge is 0.225 e. The Labute approximate surface area is 125 Å². The maximum atomic E-state index is 12.3. The Morgan fingerprint density at radius 3 is 2.90 bits per heavy atom. The third-order valence-corrected chi connectivity index (χ3v) is 3.85. The van der Waals surface area contributed by atoms with Crippen LogP contribution in [0.5, 0.6) is 0 Å². The molecule has 1 N–H and O–H groups in total. The number of amides is 2. The van der Waals surface area contributed by atoms with Crippen LogP contribution in [0.3, 0.4) is 0 Å². The van der Waals surface area contributed by atoms with E-state index in [1.54, 1.807) is 17.2 Å². The van der Waals surface area contributed by atoms with E-state index in [1.807, 2.05) is 19.9 Å². The molecule has 0 bridgehead atoms. The zero-order valence-corrected chi connectivity index (χ0v) is 13.0. The standard InChI is InChI=1S/C16H24N2O3/c1-4-7-16(2,3)17-15(20)12-9-14(19)18(10-12)11-13-6-5-8-21-13/h5-6,8,12H,4,7,9-11H2,1-3H3,(H,17,20). The van der Waals surface area contributed by atoms with Gasteiger partial charge in [0, 0.05) is 18.5 Å². The lowest BCUT2D eigenvalue weighted by molar-refractivity contribution is -0.129. The topological polar surface area (TPSA) is 62.6 Å². The van der Waals surface area contributed by atoms with E-state index in [9.17, 15) is 9.59 Å². The van der Waals surface area contributed by atoms with Gasteiger partial charge in [-0.3, -0.25) is 9.59 Å². The van der Waals surface area contributed by atoms with Crippen molar-refractivity contribution in [3.8, 4) is 0 Å². The van der Waals surface area contributed by atoms with E-state index in [2.05, 4.69) is 12.2 Å². The first-order valence-corrected chi connectivity index (χ1v) is 7.53. The van der Waals surface area contributed by atoms with Gasteiger partial charge in [0.2, 0.25) is 11.8 Å². The highest BCUT2D eigenvalue weighted by molar-refractivity contribution is 5.89. The minimum Gasteiger partial charge on any atom is -0.467 e. The molecule has 0 spiro atoms. The summed E-state index contributed by atoms with van der Waals surface area (Å²) in [5.74, 6) is 0.475. The van der Waals surface area contributed by atoms with Crippen LogP contribution in [-0.2, 0) is 16.1 Å². The van der Waals surface area contributed by atoms with Crippen LogP contribution in [0.4, 0.5) is 0 Å². The molecule has 21 heavy (non-hydrogen) atoms. The SMILES string of the molecule is CCCC(C)(C)NC(=O)C1CC(=O)N(Cc2ccco2)C1. The molecule has 1 aromatic heterocycles. The van der Waals surface area contributed by atoms with E-state index in [1.165, 1.54) is 0 Å². The van der Waals surface area contributed by atoms with Crippen LogP contribution in [0.25, 0.3) is 0 Å². The van der Waals surface area contributed by atoms with Crippen molar-refractivity contribution in [1.82, 2.24) is 10.2 Å². The summed E-state index contributed by atoms with van der Waals surface area (Å²) in [5, 5.41) is 3.06. The second-order valence-corrected chi connectivity index (χ2v) is 6.38. The number of furan rings is 1. The van der Waals surface area contributed by atoms with E-state index >= 15 is 0 Å².